The van der Waals surface area contributed by atoms with Crippen molar-refractivity contribution >= 4 is 104 Å². The molecule has 242 valence electrons. The quantitative estimate of drug-likeness (QED) is 0.170. The summed E-state index contributed by atoms with van der Waals surface area (Å²) >= 11 is 4.18. The highest BCUT2D eigenvalue weighted by Gasteiger charge is 2.46. The van der Waals surface area contributed by atoms with Crippen LogP contribution in [0.2, 0.25) is 39.3 Å². The first kappa shape index (κ1) is 32.7. The highest BCUT2D eigenvalue weighted by Crippen LogP contribution is 2.45. The van der Waals surface area contributed by atoms with E-state index in [0.717, 1.165) is 0 Å². The molecule has 0 fully saturated rings. The van der Waals surface area contributed by atoms with Crippen molar-refractivity contribution in [1.82, 2.24) is 0 Å². The van der Waals surface area contributed by atoms with E-state index in [4.69, 9.17) is 0 Å². The third kappa shape index (κ3) is 5.51. The van der Waals surface area contributed by atoms with Gasteiger partial charge in [0.15, 0.2) is 0 Å². The maximum absolute atomic E-state index is 2.58. The smallest absolute Gasteiger partial charge is 0.276 e. The molecule has 2 aliphatic rings. The molecule has 0 radical (unpaired) electrons. The normalized spacial score (nSPS) is 14.7. The minimum absolute atomic E-state index is 0.114. The second-order valence-electron chi connectivity index (χ2n) is 17.6. The van der Waals surface area contributed by atoms with Crippen LogP contribution in [0, 0.1) is 0 Å². The summed E-state index contributed by atoms with van der Waals surface area (Å²) in [5.41, 5.74) is 12.3. The fourth-order valence-corrected chi connectivity index (χ4v) is 13.3. The second-order valence-corrected chi connectivity index (χ2v) is 30.6. The summed E-state index contributed by atoms with van der Waals surface area (Å²) in [4.78, 5) is 5.16. The molecule has 0 N–H and O–H groups in total. The average molecular weight is 689 g/mol. The van der Waals surface area contributed by atoms with Crippen LogP contribution in [0.4, 0.5) is 34.1 Å². The Labute approximate surface area is 293 Å². The SMILES string of the molecule is CC(C)(C)c1ccc(N2c3cc([Si](C)(C)C)sc3B3c4sc([Si](C)(C)C)cc4N(c4ccc(C(C)(C)C)cc4)c4cccc2c43)cc1. The molecule has 0 atom stereocenters. The van der Waals surface area contributed by atoms with E-state index < -0.39 is 16.1 Å². The van der Waals surface area contributed by atoms with Gasteiger partial charge in [0, 0.05) is 32.3 Å². The predicted octanol–water partition coefficient (Wildman–Crippen LogP) is 9.58. The van der Waals surface area contributed by atoms with Crippen LogP contribution in [-0.2, 0) is 10.8 Å². The largest absolute Gasteiger partial charge is 0.311 e. The lowest BCUT2D eigenvalue weighted by molar-refractivity contribution is 0.590. The van der Waals surface area contributed by atoms with Gasteiger partial charge in [-0.05, 0) is 85.0 Å². The lowest BCUT2D eigenvalue weighted by atomic mass is 9.39. The van der Waals surface area contributed by atoms with Gasteiger partial charge in [0.25, 0.3) is 6.71 Å². The average Bonchev–Trinajstić information content (AvgIpc) is 3.62. The molecule has 4 heterocycles. The van der Waals surface area contributed by atoms with Crippen LogP contribution in [0.25, 0.3) is 0 Å². The Balaban J connectivity index is 1.51. The molecule has 0 aliphatic carbocycles. The summed E-state index contributed by atoms with van der Waals surface area (Å²) in [6.07, 6.45) is 0. The fraction of sp³-hybridized carbons (Fsp3) is 0.350. The van der Waals surface area contributed by atoms with Crippen molar-refractivity contribution in [2.75, 3.05) is 9.80 Å². The molecule has 0 amide bonds. The fourth-order valence-electron chi connectivity index (χ4n) is 6.94. The first-order valence-corrected chi connectivity index (χ1v) is 25.7. The number of hydrogen-bond acceptors (Lipinski definition) is 4. The molecule has 7 heteroatoms. The summed E-state index contributed by atoms with van der Waals surface area (Å²) in [6, 6.07) is 30.9. The molecule has 47 heavy (non-hydrogen) atoms. The summed E-state index contributed by atoms with van der Waals surface area (Å²) in [5, 5.41) is 0. The molecule has 0 spiro atoms. The maximum Gasteiger partial charge on any atom is 0.276 e. The first-order chi connectivity index (χ1) is 21.8. The molecule has 5 aromatic rings. The molecule has 2 nitrogen and oxygen atoms in total. The van der Waals surface area contributed by atoms with Gasteiger partial charge in [-0.2, -0.15) is 22.7 Å². The monoisotopic (exact) mass is 688 g/mol. The lowest BCUT2D eigenvalue weighted by Gasteiger charge is -2.41. The number of nitrogens with zero attached hydrogens (tertiary/aromatic N) is 2. The molecule has 0 unspecified atom stereocenters. The molecular weight excluding hydrogens is 640 g/mol. The summed E-state index contributed by atoms with van der Waals surface area (Å²) in [6.45, 7) is 29.0. The molecule has 7 rings (SSSR count). The van der Waals surface area contributed by atoms with E-state index >= 15 is 0 Å². The number of hydrogen-bond donors (Lipinski definition) is 0. The Morgan fingerprint density at radius 3 is 1.19 bits per heavy atom. The van der Waals surface area contributed by atoms with Gasteiger partial charge in [-0.3, -0.25) is 0 Å². The standard InChI is InChI=1S/C40H49BN2S2Si2/c1-39(2,3)26-16-20-28(21-17-26)42-30-14-13-15-31-36(30)41(37-32(42)24-34(44-37)46(7,8)9)38-33(25-35(45-38)47(10,11)12)43(31)29-22-18-27(19-23-29)40(4,5)6/h13-25H,1-12H3. The number of benzene rings is 3. The molecule has 0 saturated carbocycles. The van der Waals surface area contributed by atoms with Crippen molar-refractivity contribution < 1.29 is 0 Å². The van der Waals surface area contributed by atoms with E-state index in [1.165, 1.54) is 60.3 Å². The molecule has 0 bridgehead atoms. The third-order valence-corrected chi connectivity index (χ3v) is 19.3. The minimum Gasteiger partial charge on any atom is -0.311 e. The number of anilines is 6. The van der Waals surface area contributed by atoms with Gasteiger partial charge in [-0.15, -0.1) is 0 Å². The zero-order valence-electron chi connectivity index (χ0n) is 30.3. The molecule has 0 saturated heterocycles. The maximum atomic E-state index is 2.58. The Morgan fingerprint density at radius 2 is 0.872 bits per heavy atom. The van der Waals surface area contributed by atoms with Crippen molar-refractivity contribution in [3.63, 3.8) is 0 Å². The van der Waals surface area contributed by atoms with Crippen molar-refractivity contribution in [2.24, 2.45) is 0 Å². The third-order valence-electron chi connectivity index (χ3n) is 9.78. The van der Waals surface area contributed by atoms with Gasteiger partial charge in [0.1, 0.15) is 0 Å². The van der Waals surface area contributed by atoms with Gasteiger partial charge in [-0.1, -0.05) is 111 Å². The summed E-state index contributed by atoms with van der Waals surface area (Å²) in [7, 11) is -3.13. The Bertz CT molecular complexity index is 1840. The van der Waals surface area contributed by atoms with Crippen molar-refractivity contribution in [2.45, 2.75) is 91.7 Å². The van der Waals surface area contributed by atoms with Crippen molar-refractivity contribution in [3.8, 4) is 0 Å². The Kier molecular flexibility index (Phi) is 7.53. The van der Waals surface area contributed by atoms with Gasteiger partial charge in [0.2, 0.25) is 0 Å². The Hall–Kier alpha value is -2.84. The Morgan fingerprint density at radius 1 is 0.511 bits per heavy atom. The van der Waals surface area contributed by atoms with E-state index in [9.17, 15) is 0 Å². The van der Waals surface area contributed by atoms with Gasteiger partial charge in [0.05, 0.1) is 27.5 Å². The second kappa shape index (κ2) is 10.8. The topological polar surface area (TPSA) is 6.48 Å². The number of thiophene rings is 2. The highest BCUT2D eigenvalue weighted by atomic mass is 32.1. The number of rotatable bonds is 4. The van der Waals surface area contributed by atoms with Crippen LogP contribution in [0.3, 0.4) is 0 Å². The summed E-state index contributed by atoms with van der Waals surface area (Å²) in [5.74, 6) is 0. The van der Waals surface area contributed by atoms with Crippen LogP contribution in [0.5, 0.6) is 0 Å². The van der Waals surface area contributed by atoms with Crippen LogP contribution < -0.4 is 33.8 Å². The van der Waals surface area contributed by atoms with Crippen molar-refractivity contribution in [1.29, 1.82) is 0 Å². The van der Waals surface area contributed by atoms with Crippen LogP contribution >= 0.6 is 22.7 Å². The van der Waals surface area contributed by atoms with Crippen LogP contribution in [0.15, 0.2) is 78.9 Å². The van der Waals surface area contributed by atoms with E-state index in [0.29, 0.717) is 0 Å². The van der Waals surface area contributed by atoms with Gasteiger partial charge >= 0.3 is 0 Å². The molecule has 2 aliphatic heterocycles. The minimum atomic E-state index is -1.57. The molecular formula is C40H49BN2S2Si2. The highest BCUT2D eigenvalue weighted by molar-refractivity contribution is 7.43. The van der Waals surface area contributed by atoms with E-state index in [1.807, 2.05) is 0 Å². The molecule has 3 aromatic carbocycles. The lowest BCUT2D eigenvalue weighted by Crippen LogP contribution is -2.59. The zero-order valence-corrected chi connectivity index (χ0v) is 33.9. The predicted molar refractivity (Wildman–Crippen MR) is 220 cm³/mol. The number of fused-ring (bicyclic) bond motifs is 4. The van der Waals surface area contributed by atoms with Crippen LogP contribution in [0.1, 0.15) is 52.7 Å². The molecule has 2 aromatic heterocycles. The van der Waals surface area contributed by atoms with Gasteiger partial charge < -0.3 is 9.80 Å². The van der Waals surface area contributed by atoms with Crippen LogP contribution in [-0.4, -0.2) is 22.9 Å². The summed E-state index contributed by atoms with van der Waals surface area (Å²) < 4.78 is 6.18. The zero-order chi connectivity index (χ0) is 33.8. The van der Waals surface area contributed by atoms with Gasteiger partial charge in [-0.25, -0.2) is 0 Å². The van der Waals surface area contributed by atoms with E-state index in [2.05, 4.69) is 192 Å². The van der Waals surface area contributed by atoms with E-state index in [-0.39, 0.29) is 17.5 Å². The van der Waals surface area contributed by atoms with E-state index in [1.54, 1.807) is 9.00 Å². The van der Waals surface area contributed by atoms with Crippen molar-refractivity contribution in [3.05, 3.63) is 90.0 Å². The first-order valence-electron chi connectivity index (χ1n) is 17.1.